The van der Waals surface area contributed by atoms with Crippen LogP contribution in [0.4, 0.5) is 27.6 Å². The van der Waals surface area contributed by atoms with Gasteiger partial charge in [0.2, 0.25) is 5.56 Å². The third kappa shape index (κ3) is 2.66. The van der Waals surface area contributed by atoms with Gasteiger partial charge in [0.15, 0.2) is 0 Å². The zero-order valence-electron chi connectivity index (χ0n) is 8.89. The van der Waals surface area contributed by atoms with Crippen LogP contribution in [0.3, 0.4) is 0 Å². The lowest BCUT2D eigenvalue weighted by Gasteiger charge is -2.18. The van der Waals surface area contributed by atoms with Gasteiger partial charge in [0.1, 0.15) is 0 Å². The molecule has 9 heteroatoms. The molecule has 1 heterocycles. The molecule has 0 spiro atoms. The van der Waals surface area contributed by atoms with E-state index in [0.29, 0.717) is 0 Å². The summed E-state index contributed by atoms with van der Waals surface area (Å²) in [5.41, 5.74) is -0.846. The number of halogens is 5. The van der Waals surface area contributed by atoms with E-state index in [9.17, 15) is 31.5 Å². The van der Waals surface area contributed by atoms with Crippen LogP contribution in [0.1, 0.15) is 0 Å². The first-order chi connectivity index (χ1) is 8.05. The summed E-state index contributed by atoms with van der Waals surface area (Å²) in [7, 11) is 1.25. The molecule has 1 rings (SSSR count). The normalized spacial score (nSPS) is 12.3. The Labute approximate surface area is 97.0 Å². The first-order valence-corrected chi connectivity index (χ1v) is 4.48. The number of nitrogens with one attached hydrogen (secondary N) is 1. The smallest absolute Gasteiger partial charge is 0.319 e. The van der Waals surface area contributed by atoms with E-state index in [2.05, 4.69) is 0 Å². The van der Waals surface area contributed by atoms with Crippen molar-refractivity contribution in [1.82, 2.24) is 4.57 Å². The molecule has 1 N–H and O–H groups in total. The molecule has 0 aromatic carbocycles. The topological polar surface area (TPSA) is 51.1 Å². The number of alkyl halides is 5. The molecule has 0 aliphatic rings. The molecule has 0 radical (unpaired) electrons. The number of aryl methyl sites for hydroxylation is 1. The third-order valence-electron chi connectivity index (χ3n) is 1.98. The van der Waals surface area contributed by atoms with Gasteiger partial charge in [-0.15, -0.1) is 0 Å². The van der Waals surface area contributed by atoms with E-state index in [1.807, 2.05) is 0 Å². The van der Waals surface area contributed by atoms with E-state index in [0.717, 1.165) is 22.9 Å². The number of amides is 1. The summed E-state index contributed by atoms with van der Waals surface area (Å²) in [4.78, 5) is 21.7. The maximum Gasteiger partial charge on any atom is 0.463 e. The van der Waals surface area contributed by atoms with Gasteiger partial charge in [0.25, 0.3) is 0 Å². The van der Waals surface area contributed by atoms with E-state index in [1.54, 1.807) is 0 Å². The third-order valence-corrected chi connectivity index (χ3v) is 1.98. The second-order valence-electron chi connectivity index (χ2n) is 3.39. The highest BCUT2D eigenvalue weighted by atomic mass is 19.4. The number of hydrogen-bond acceptors (Lipinski definition) is 2. The molecular formula is C9H7F5N2O2. The average Bonchev–Trinajstić information content (AvgIpc) is 2.21. The summed E-state index contributed by atoms with van der Waals surface area (Å²) in [5, 5.41) is 1.39. The van der Waals surface area contributed by atoms with Gasteiger partial charge in [-0.25, -0.2) is 0 Å². The standard InChI is InChI=1S/C9H7F5N2O2/c1-16-4-5(2-3-6(16)17)15-7(18)8(10,11)9(12,13)14/h2-4H,1H3,(H,15,18). The molecule has 1 aromatic heterocycles. The van der Waals surface area contributed by atoms with Crippen molar-refractivity contribution in [3.8, 4) is 0 Å². The number of carbonyl (C=O) groups is 1. The maximum absolute atomic E-state index is 12.6. The number of rotatable bonds is 2. The van der Waals surface area contributed by atoms with Gasteiger partial charge >= 0.3 is 18.0 Å². The lowest BCUT2D eigenvalue weighted by Crippen LogP contribution is -2.47. The van der Waals surface area contributed by atoms with Crippen molar-refractivity contribution in [2.75, 3.05) is 5.32 Å². The van der Waals surface area contributed by atoms with Crippen LogP contribution in [0.15, 0.2) is 23.1 Å². The van der Waals surface area contributed by atoms with E-state index < -0.39 is 23.6 Å². The number of pyridine rings is 1. The fourth-order valence-electron chi connectivity index (χ4n) is 1.01. The Morgan fingerprint density at radius 1 is 1.22 bits per heavy atom. The van der Waals surface area contributed by atoms with E-state index in [1.165, 1.54) is 12.4 Å². The molecule has 4 nitrogen and oxygen atoms in total. The highest BCUT2D eigenvalue weighted by molar-refractivity contribution is 5.96. The summed E-state index contributed by atoms with van der Waals surface area (Å²) in [6, 6.07) is 1.84. The minimum Gasteiger partial charge on any atom is -0.319 e. The van der Waals surface area contributed by atoms with Crippen LogP contribution in [0, 0.1) is 0 Å². The predicted octanol–water partition coefficient (Wildman–Crippen LogP) is 1.52. The monoisotopic (exact) mass is 270 g/mol. The van der Waals surface area contributed by atoms with Crippen molar-refractivity contribution in [2.24, 2.45) is 7.05 Å². The minimum atomic E-state index is -5.97. The van der Waals surface area contributed by atoms with E-state index >= 15 is 0 Å². The molecule has 0 saturated heterocycles. The number of nitrogens with zero attached hydrogens (tertiary/aromatic N) is 1. The van der Waals surface area contributed by atoms with Crippen molar-refractivity contribution < 1.29 is 26.7 Å². The Kier molecular flexibility index (Phi) is 3.45. The SMILES string of the molecule is Cn1cc(NC(=O)C(F)(F)C(F)(F)F)ccc1=O. The summed E-state index contributed by atoms with van der Waals surface area (Å²) < 4.78 is 61.7. The predicted molar refractivity (Wildman–Crippen MR) is 51.3 cm³/mol. The van der Waals surface area contributed by atoms with Crippen LogP contribution in [0.5, 0.6) is 0 Å². The lowest BCUT2D eigenvalue weighted by atomic mass is 10.3. The van der Waals surface area contributed by atoms with Crippen LogP contribution >= 0.6 is 0 Å². The van der Waals surface area contributed by atoms with Crippen molar-refractivity contribution in [3.63, 3.8) is 0 Å². The number of anilines is 1. The van der Waals surface area contributed by atoms with Crippen LogP contribution in [-0.2, 0) is 11.8 Å². The Morgan fingerprint density at radius 3 is 2.22 bits per heavy atom. The van der Waals surface area contributed by atoms with Gasteiger partial charge < -0.3 is 9.88 Å². The zero-order chi connectivity index (χ0) is 14.1. The van der Waals surface area contributed by atoms with E-state index in [4.69, 9.17) is 0 Å². The molecule has 1 aromatic rings. The zero-order valence-corrected chi connectivity index (χ0v) is 8.89. The number of aromatic nitrogens is 1. The molecule has 0 fully saturated rings. The highest BCUT2D eigenvalue weighted by Crippen LogP contribution is 2.36. The van der Waals surface area contributed by atoms with Crippen LogP contribution in [-0.4, -0.2) is 22.6 Å². The molecule has 1 amide bonds. The largest absolute Gasteiger partial charge is 0.463 e. The maximum atomic E-state index is 12.6. The first-order valence-electron chi connectivity index (χ1n) is 4.48. The van der Waals surface area contributed by atoms with Crippen molar-refractivity contribution in [2.45, 2.75) is 12.1 Å². The average molecular weight is 270 g/mol. The summed E-state index contributed by atoms with van der Waals surface area (Å²) in [5.74, 6) is -8.00. The summed E-state index contributed by atoms with van der Waals surface area (Å²) in [6.45, 7) is 0. The Morgan fingerprint density at radius 2 is 1.78 bits per heavy atom. The highest BCUT2D eigenvalue weighted by Gasteiger charge is 2.63. The molecule has 18 heavy (non-hydrogen) atoms. The second kappa shape index (κ2) is 4.39. The molecule has 0 bridgehead atoms. The van der Waals surface area contributed by atoms with Crippen LogP contribution in [0.2, 0.25) is 0 Å². The molecule has 0 atom stereocenters. The lowest BCUT2D eigenvalue weighted by molar-refractivity contribution is -0.267. The molecular weight excluding hydrogens is 263 g/mol. The van der Waals surface area contributed by atoms with Crippen molar-refractivity contribution in [1.29, 1.82) is 0 Å². The van der Waals surface area contributed by atoms with Crippen molar-refractivity contribution in [3.05, 3.63) is 28.7 Å². The molecule has 0 aliphatic carbocycles. The Bertz CT molecular complexity index is 520. The number of hydrogen-bond donors (Lipinski definition) is 1. The minimum absolute atomic E-state index is 0.342. The number of carbonyl (C=O) groups excluding carboxylic acids is 1. The summed E-state index contributed by atoms with van der Waals surface area (Å²) in [6.07, 6.45) is -5.05. The quantitative estimate of drug-likeness (QED) is 0.828. The fraction of sp³-hybridized carbons (Fsp3) is 0.333. The van der Waals surface area contributed by atoms with Crippen LogP contribution < -0.4 is 10.9 Å². The molecule has 100 valence electrons. The molecule has 0 unspecified atom stereocenters. The second-order valence-corrected chi connectivity index (χ2v) is 3.39. The fourth-order valence-corrected chi connectivity index (χ4v) is 1.01. The van der Waals surface area contributed by atoms with Gasteiger partial charge in [-0.3, -0.25) is 9.59 Å². The van der Waals surface area contributed by atoms with Gasteiger partial charge in [-0.2, -0.15) is 22.0 Å². The van der Waals surface area contributed by atoms with Gasteiger partial charge in [0.05, 0.1) is 5.69 Å². The Balaban J connectivity index is 2.95. The molecule has 0 aliphatic heterocycles. The van der Waals surface area contributed by atoms with Gasteiger partial charge in [-0.1, -0.05) is 0 Å². The van der Waals surface area contributed by atoms with Gasteiger partial charge in [0, 0.05) is 19.3 Å². The Hall–Kier alpha value is -1.93. The van der Waals surface area contributed by atoms with Crippen LogP contribution in [0.25, 0.3) is 0 Å². The first kappa shape index (κ1) is 14.1. The van der Waals surface area contributed by atoms with Crippen molar-refractivity contribution >= 4 is 11.6 Å². The molecule has 0 saturated carbocycles. The van der Waals surface area contributed by atoms with Gasteiger partial charge in [-0.05, 0) is 6.07 Å². The van der Waals surface area contributed by atoms with E-state index in [-0.39, 0.29) is 5.69 Å². The summed E-state index contributed by atoms with van der Waals surface area (Å²) >= 11 is 0.